The number of amides is 1. The Morgan fingerprint density at radius 3 is 2.54 bits per heavy atom. The number of carbonyl (C=O) groups is 2. The number of aromatic nitrogens is 1. The predicted molar refractivity (Wildman–Crippen MR) is 101 cm³/mol. The Balaban J connectivity index is 1.71. The highest BCUT2D eigenvalue weighted by Gasteiger charge is 2.25. The van der Waals surface area contributed by atoms with Crippen LogP contribution < -0.4 is 5.32 Å². The molecule has 3 aromatic rings. The predicted octanol–water partition coefficient (Wildman–Crippen LogP) is 3.88. The van der Waals surface area contributed by atoms with E-state index >= 15 is 0 Å². The lowest BCUT2D eigenvalue weighted by atomic mass is 10.1. The quantitative estimate of drug-likeness (QED) is 0.656. The number of aryl methyl sites for hydroxylation is 1. The number of benzene rings is 2. The van der Waals surface area contributed by atoms with Crippen LogP contribution >= 0.6 is 11.3 Å². The van der Waals surface area contributed by atoms with Crippen molar-refractivity contribution in [2.75, 3.05) is 0 Å². The summed E-state index contributed by atoms with van der Waals surface area (Å²) in [7, 11) is 0. The molecule has 0 aliphatic carbocycles. The summed E-state index contributed by atoms with van der Waals surface area (Å²) in [6, 6.07) is 8.66. The second-order valence-electron chi connectivity index (χ2n) is 6.19. The molecule has 3 rings (SSSR count). The van der Waals surface area contributed by atoms with E-state index in [0.717, 1.165) is 28.3 Å². The summed E-state index contributed by atoms with van der Waals surface area (Å²) in [4.78, 5) is 28.1. The molecule has 0 saturated carbocycles. The van der Waals surface area contributed by atoms with Gasteiger partial charge in [0.1, 0.15) is 16.6 Å². The van der Waals surface area contributed by atoms with E-state index in [0.29, 0.717) is 11.8 Å². The minimum absolute atomic E-state index is 0.158. The van der Waals surface area contributed by atoms with Gasteiger partial charge in [-0.15, -0.1) is 11.3 Å². The lowest BCUT2D eigenvalue weighted by Crippen LogP contribution is -2.35. The van der Waals surface area contributed by atoms with Gasteiger partial charge in [0, 0.05) is 22.6 Å². The number of aliphatic carboxylic acids is 1. The second kappa shape index (κ2) is 8.26. The van der Waals surface area contributed by atoms with Crippen LogP contribution in [0, 0.1) is 18.6 Å². The van der Waals surface area contributed by atoms with Crippen LogP contribution in [-0.2, 0) is 16.0 Å². The number of hydrogen-bond acceptors (Lipinski definition) is 4. The molecule has 1 unspecified atom stereocenters. The van der Waals surface area contributed by atoms with Gasteiger partial charge >= 0.3 is 5.97 Å². The molecule has 28 heavy (non-hydrogen) atoms. The van der Waals surface area contributed by atoms with E-state index in [1.807, 2.05) is 31.2 Å². The Morgan fingerprint density at radius 1 is 1.18 bits per heavy atom. The minimum Gasteiger partial charge on any atom is -0.479 e. The lowest BCUT2D eigenvalue weighted by Gasteiger charge is -2.15. The van der Waals surface area contributed by atoms with Gasteiger partial charge in [-0.2, -0.15) is 0 Å². The molecule has 2 N–H and O–H groups in total. The van der Waals surface area contributed by atoms with E-state index < -0.39 is 29.6 Å². The summed E-state index contributed by atoms with van der Waals surface area (Å²) in [5.74, 6) is -3.94. The third-order valence-corrected chi connectivity index (χ3v) is 4.96. The standard InChI is InChI=1S/C20H16F2N2O3S/c1-11-2-4-12(5-3-11)19-23-14(10-28-19)9-17(25)24-18(20(26)27)15-7-6-13(21)8-16(15)22/h2-8,10,18H,9H2,1H3,(H,24,25)(H,26,27). The van der Waals surface area contributed by atoms with Gasteiger partial charge in [-0.25, -0.2) is 18.6 Å². The van der Waals surface area contributed by atoms with Crippen molar-refractivity contribution < 1.29 is 23.5 Å². The molecule has 0 fully saturated rings. The maximum absolute atomic E-state index is 13.9. The van der Waals surface area contributed by atoms with Gasteiger partial charge in [-0.1, -0.05) is 35.9 Å². The number of rotatable bonds is 6. The van der Waals surface area contributed by atoms with Gasteiger partial charge in [-0.3, -0.25) is 4.79 Å². The van der Waals surface area contributed by atoms with Gasteiger partial charge in [0.15, 0.2) is 6.04 Å². The molecule has 8 heteroatoms. The van der Waals surface area contributed by atoms with E-state index in [1.54, 1.807) is 5.38 Å². The SMILES string of the molecule is Cc1ccc(-c2nc(CC(=O)NC(C(=O)O)c3ccc(F)cc3F)cs2)cc1. The molecular formula is C20H16F2N2O3S. The fourth-order valence-electron chi connectivity index (χ4n) is 2.60. The topological polar surface area (TPSA) is 79.3 Å². The summed E-state index contributed by atoms with van der Waals surface area (Å²) >= 11 is 1.37. The number of thiazole rings is 1. The van der Waals surface area contributed by atoms with Crippen LogP contribution in [-0.4, -0.2) is 22.0 Å². The average molecular weight is 402 g/mol. The Hall–Kier alpha value is -3.13. The van der Waals surface area contributed by atoms with Crippen LogP contribution in [0.25, 0.3) is 10.6 Å². The maximum atomic E-state index is 13.9. The highest BCUT2D eigenvalue weighted by molar-refractivity contribution is 7.13. The molecule has 144 valence electrons. The van der Waals surface area contributed by atoms with Crippen molar-refractivity contribution in [3.63, 3.8) is 0 Å². The van der Waals surface area contributed by atoms with Gasteiger partial charge in [-0.05, 0) is 13.0 Å². The number of carbonyl (C=O) groups excluding carboxylic acids is 1. The van der Waals surface area contributed by atoms with Crippen molar-refractivity contribution >= 4 is 23.2 Å². The van der Waals surface area contributed by atoms with Crippen molar-refractivity contribution in [2.24, 2.45) is 0 Å². The third-order valence-electron chi connectivity index (χ3n) is 4.02. The number of carboxylic acids is 1. The maximum Gasteiger partial charge on any atom is 0.331 e. The van der Waals surface area contributed by atoms with Crippen molar-refractivity contribution in [3.8, 4) is 10.6 Å². The van der Waals surface area contributed by atoms with E-state index in [2.05, 4.69) is 10.3 Å². The molecule has 1 aromatic heterocycles. The van der Waals surface area contributed by atoms with Crippen LogP contribution in [0.5, 0.6) is 0 Å². The summed E-state index contributed by atoms with van der Waals surface area (Å²) in [5.41, 5.74) is 2.19. The monoisotopic (exact) mass is 402 g/mol. The van der Waals surface area contributed by atoms with Crippen molar-refractivity contribution in [2.45, 2.75) is 19.4 Å². The largest absolute Gasteiger partial charge is 0.479 e. The highest BCUT2D eigenvalue weighted by Crippen LogP contribution is 2.24. The number of nitrogens with one attached hydrogen (secondary N) is 1. The molecular weight excluding hydrogens is 386 g/mol. The lowest BCUT2D eigenvalue weighted by molar-refractivity contribution is -0.142. The highest BCUT2D eigenvalue weighted by atomic mass is 32.1. The average Bonchev–Trinajstić information content (AvgIpc) is 3.09. The van der Waals surface area contributed by atoms with E-state index in [-0.39, 0.29) is 12.0 Å². The summed E-state index contributed by atoms with van der Waals surface area (Å²) in [5, 5.41) is 14.0. The Morgan fingerprint density at radius 2 is 1.89 bits per heavy atom. The van der Waals surface area contributed by atoms with Gasteiger partial charge in [0.25, 0.3) is 0 Å². The van der Waals surface area contributed by atoms with Crippen LogP contribution in [0.2, 0.25) is 0 Å². The van der Waals surface area contributed by atoms with Crippen LogP contribution in [0.4, 0.5) is 8.78 Å². The smallest absolute Gasteiger partial charge is 0.331 e. The van der Waals surface area contributed by atoms with Gasteiger partial charge in [0.05, 0.1) is 12.1 Å². The second-order valence-corrected chi connectivity index (χ2v) is 7.05. The Kier molecular flexibility index (Phi) is 5.79. The van der Waals surface area contributed by atoms with E-state index in [1.165, 1.54) is 11.3 Å². The number of nitrogens with zero attached hydrogens (tertiary/aromatic N) is 1. The normalized spacial score (nSPS) is 11.8. The number of carboxylic acid groups (broad SMARTS) is 1. The Labute approximate surface area is 163 Å². The van der Waals surface area contributed by atoms with Gasteiger partial charge < -0.3 is 10.4 Å². The van der Waals surface area contributed by atoms with Crippen LogP contribution in [0.3, 0.4) is 0 Å². The molecule has 0 aliphatic rings. The molecule has 5 nitrogen and oxygen atoms in total. The molecule has 1 atom stereocenters. The number of halogens is 2. The first-order chi connectivity index (χ1) is 13.3. The molecule has 0 bridgehead atoms. The third kappa shape index (κ3) is 4.58. The van der Waals surface area contributed by atoms with Crippen molar-refractivity contribution in [1.29, 1.82) is 0 Å². The first-order valence-corrected chi connectivity index (χ1v) is 9.20. The fraction of sp³-hybridized carbons (Fsp3) is 0.150. The minimum atomic E-state index is -1.62. The summed E-state index contributed by atoms with van der Waals surface area (Å²) < 4.78 is 26.9. The van der Waals surface area contributed by atoms with Crippen molar-refractivity contribution in [1.82, 2.24) is 10.3 Å². The zero-order valence-electron chi connectivity index (χ0n) is 14.8. The zero-order chi connectivity index (χ0) is 20.3. The first kappa shape index (κ1) is 19.6. The van der Waals surface area contributed by atoms with Crippen molar-refractivity contribution in [3.05, 3.63) is 76.3 Å². The molecule has 0 spiro atoms. The van der Waals surface area contributed by atoms with Crippen LogP contribution in [0.1, 0.15) is 22.9 Å². The molecule has 2 aromatic carbocycles. The number of hydrogen-bond donors (Lipinski definition) is 2. The molecule has 0 aliphatic heterocycles. The van der Waals surface area contributed by atoms with E-state index in [9.17, 15) is 23.5 Å². The van der Waals surface area contributed by atoms with E-state index in [4.69, 9.17) is 0 Å². The van der Waals surface area contributed by atoms with Crippen LogP contribution in [0.15, 0.2) is 47.8 Å². The molecule has 0 saturated heterocycles. The molecule has 1 amide bonds. The summed E-state index contributed by atoms with van der Waals surface area (Å²) in [6.45, 7) is 1.98. The summed E-state index contributed by atoms with van der Waals surface area (Å²) in [6.07, 6.45) is -0.158. The molecule has 0 radical (unpaired) electrons. The first-order valence-electron chi connectivity index (χ1n) is 8.32. The fourth-order valence-corrected chi connectivity index (χ4v) is 3.43. The zero-order valence-corrected chi connectivity index (χ0v) is 15.6. The molecule has 1 heterocycles. The van der Waals surface area contributed by atoms with Gasteiger partial charge in [0.2, 0.25) is 5.91 Å². The Bertz CT molecular complexity index is 1020.